The molecule has 24 heavy (non-hydrogen) atoms. The lowest BCUT2D eigenvalue weighted by molar-refractivity contribution is 0.719. The van der Waals surface area contributed by atoms with Crippen LogP contribution in [0.2, 0.25) is 0 Å². The molecular weight excluding hydrogens is 298 g/mol. The van der Waals surface area contributed by atoms with E-state index in [1.54, 1.807) is 12.5 Å². The Kier molecular flexibility index (Phi) is 4.06. The molecule has 0 fully saturated rings. The van der Waals surface area contributed by atoms with Crippen LogP contribution in [0.4, 0.5) is 11.6 Å². The van der Waals surface area contributed by atoms with E-state index in [4.69, 9.17) is 0 Å². The van der Waals surface area contributed by atoms with Gasteiger partial charge in [-0.15, -0.1) is 0 Å². The number of hydrogen-bond donors (Lipinski definition) is 1. The lowest BCUT2D eigenvalue weighted by Gasteiger charge is -2.29. The molecule has 2 aromatic heterocycles. The van der Waals surface area contributed by atoms with E-state index in [2.05, 4.69) is 49.4 Å². The summed E-state index contributed by atoms with van der Waals surface area (Å²) in [5, 5.41) is 3.34. The van der Waals surface area contributed by atoms with Crippen molar-refractivity contribution in [3.8, 4) is 0 Å². The molecule has 1 aromatic carbocycles. The summed E-state index contributed by atoms with van der Waals surface area (Å²) in [4.78, 5) is 15.2. The molecule has 0 bridgehead atoms. The fourth-order valence-electron chi connectivity index (χ4n) is 3.00. The Morgan fingerprint density at radius 3 is 2.83 bits per heavy atom. The maximum absolute atomic E-state index is 4.45. The van der Waals surface area contributed by atoms with Gasteiger partial charge < -0.3 is 10.2 Å². The van der Waals surface area contributed by atoms with Gasteiger partial charge in [-0.1, -0.05) is 30.3 Å². The van der Waals surface area contributed by atoms with Gasteiger partial charge in [0.2, 0.25) is 0 Å². The normalized spacial score (nSPS) is 13.4. The van der Waals surface area contributed by atoms with Crippen molar-refractivity contribution in [3.05, 3.63) is 77.9 Å². The van der Waals surface area contributed by atoms with E-state index in [0.717, 1.165) is 36.7 Å². The van der Waals surface area contributed by atoms with Gasteiger partial charge >= 0.3 is 0 Å². The number of anilines is 2. The first-order valence-corrected chi connectivity index (χ1v) is 8.15. The second kappa shape index (κ2) is 6.66. The summed E-state index contributed by atoms with van der Waals surface area (Å²) in [7, 11) is 0. The van der Waals surface area contributed by atoms with Crippen molar-refractivity contribution < 1.29 is 0 Å². The van der Waals surface area contributed by atoms with Crippen LogP contribution in [0.3, 0.4) is 0 Å². The van der Waals surface area contributed by atoms with Gasteiger partial charge in [-0.25, -0.2) is 9.97 Å². The van der Waals surface area contributed by atoms with Crippen molar-refractivity contribution in [2.24, 2.45) is 0 Å². The molecule has 3 heterocycles. The van der Waals surface area contributed by atoms with Crippen LogP contribution in [0.1, 0.15) is 16.7 Å². The maximum Gasteiger partial charge on any atom is 0.134 e. The summed E-state index contributed by atoms with van der Waals surface area (Å²) in [5.41, 5.74) is 3.95. The van der Waals surface area contributed by atoms with Crippen LogP contribution >= 0.6 is 0 Å². The van der Waals surface area contributed by atoms with Gasteiger partial charge in [0.1, 0.15) is 18.0 Å². The van der Waals surface area contributed by atoms with Crippen LogP contribution < -0.4 is 10.2 Å². The predicted molar refractivity (Wildman–Crippen MR) is 94.8 cm³/mol. The van der Waals surface area contributed by atoms with Crippen LogP contribution in [0.25, 0.3) is 0 Å². The number of nitrogens with one attached hydrogen (secondary N) is 1. The van der Waals surface area contributed by atoms with Gasteiger partial charge in [-0.05, 0) is 29.2 Å². The van der Waals surface area contributed by atoms with E-state index in [1.807, 2.05) is 24.4 Å². The van der Waals surface area contributed by atoms with E-state index < -0.39 is 0 Å². The number of hydrogen-bond acceptors (Lipinski definition) is 5. The molecule has 1 aliphatic heterocycles. The predicted octanol–water partition coefficient (Wildman–Crippen LogP) is 3.05. The summed E-state index contributed by atoms with van der Waals surface area (Å²) >= 11 is 0. The number of aromatic nitrogens is 3. The highest BCUT2D eigenvalue weighted by Gasteiger charge is 2.17. The molecule has 5 heteroatoms. The van der Waals surface area contributed by atoms with Crippen LogP contribution in [-0.4, -0.2) is 21.5 Å². The summed E-state index contributed by atoms with van der Waals surface area (Å²) in [6, 6.07) is 14.6. The summed E-state index contributed by atoms with van der Waals surface area (Å²) < 4.78 is 0. The second-order valence-corrected chi connectivity index (χ2v) is 5.92. The average molecular weight is 317 g/mol. The van der Waals surface area contributed by atoms with Crippen molar-refractivity contribution in [1.82, 2.24) is 15.0 Å². The molecule has 3 aromatic rings. The minimum atomic E-state index is 0.702. The number of pyridine rings is 1. The molecule has 0 unspecified atom stereocenters. The zero-order valence-corrected chi connectivity index (χ0v) is 13.4. The van der Waals surface area contributed by atoms with Gasteiger partial charge in [0, 0.05) is 38.1 Å². The van der Waals surface area contributed by atoms with Crippen molar-refractivity contribution >= 4 is 11.6 Å². The average Bonchev–Trinajstić information content (AvgIpc) is 2.67. The molecule has 0 saturated carbocycles. The third kappa shape index (κ3) is 3.20. The lowest BCUT2D eigenvalue weighted by Crippen LogP contribution is -2.31. The van der Waals surface area contributed by atoms with E-state index >= 15 is 0 Å². The first-order chi connectivity index (χ1) is 11.9. The Morgan fingerprint density at radius 2 is 1.96 bits per heavy atom. The number of benzene rings is 1. The van der Waals surface area contributed by atoms with Crippen molar-refractivity contribution in [3.63, 3.8) is 0 Å². The Bertz CT molecular complexity index is 819. The van der Waals surface area contributed by atoms with Crippen molar-refractivity contribution in [2.75, 3.05) is 16.8 Å². The Labute approximate surface area is 141 Å². The molecule has 1 aliphatic rings. The summed E-state index contributed by atoms with van der Waals surface area (Å²) in [6.45, 7) is 2.58. The molecule has 1 N–H and O–H groups in total. The Morgan fingerprint density at radius 1 is 1.04 bits per heavy atom. The standard InChI is InChI=1S/C19H19N5/c1-2-6-17-13-24(9-7-16(17)5-1)19-10-18(22-14-23-19)21-12-15-4-3-8-20-11-15/h1-6,8,10-11,14H,7,9,12-13H2,(H,21,22,23). The monoisotopic (exact) mass is 317 g/mol. The Balaban J connectivity index is 1.47. The molecule has 0 aliphatic carbocycles. The fourth-order valence-corrected chi connectivity index (χ4v) is 3.00. The van der Waals surface area contributed by atoms with E-state index in [9.17, 15) is 0 Å². The molecule has 4 rings (SSSR count). The van der Waals surface area contributed by atoms with E-state index in [1.165, 1.54) is 11.1 Å². The van der Waals surface area contributed by atoms with Gasteiger partial charge in [0.25, 0.3) is 0 Å². The topological polar surface area (TPSA) is 53.9 Å². The maximum atomic E-state index is 4.45. The molecule has 0 amide bonds. The van der Waals surface area contributed by atoms with Gasteiger partial charge in [0.15, 0.2) is 0 Å². The van der Waals surface area contributed by atoms with Crippen LogP contribution in [-0.2, 0) is 19.5 Å². The number of fused-ring (bicyclic) bond motifs is 1. The highest BCUT2D eigenvalue weighted by atomic mass is 15.2. The van der Waals surface area contributed by atoms with Crippen molar-refractivity contribution in [2.45, 2.75) is 19.5 Å². The quantitative estimate of drug-likeness (QED) is 0.801. The minimum absolute atomic E-state index is 0.702. The van der Waals surface area contributed by atoms with Gasteiger partial charge in [-0.3, -0.25) is 4.98 Å². The molecule has 0 radical (unpaired) electrons. The van der Waals surface area contributed by atoms with Gasteiger partial charge in [0.05, 0.1) is 0 Å². The summed E-state index contributed by atoms with van der Waals surface area (Å²) in [5.74, 6) is 1.80. The SMILES string of the molecule is c1cncc(CNc2cc(N3CCc4ccccc4C3)ncn2)c1. The molecule has 120 valence electrons. The van der Waals surface area contributed by atoms with Gasteiger partial charge in [-0.2, -0.15) is 0 Å². The second-order valence-electron chi connectivity index (χ2n) is 5.92. The fraction of sp³-hybridized carbons (Fsp3) is 0.211. The first-order valence-electron chi connectivity index (χ1n) is 8.15. The summed E-state index contributed by atoms with van der Waals surface area (Å²) in [6.07, 6.45) is 6.32. The first kappa shape index (κ1) is 14.6. The van der Waals surface area contributed by atoms with E-state index in [-0.39, 0.29) is 0 Å². The highest BCUT2D eigenvalue weighted by molar-refractivity contribution is 5.50. The molecule has 5 nitrogen and oxygen atoms in total. The number of rotatable bonds is 4. The molecular formula is C19H19N5. The Hall–Kier alpha value is -2.95. The molecule has 0 spiro atoms. The van der Waals surface area contributed by atoms with E-state index in [0.29, 0.717) is 6.54 Å². The lowest BCUT2D eigenvalue weighted by atomic mass is 10.00. The third-order valence-electron chi connectivity index (χ3n) is 4.30. The van der Waals surface area contributed by atoms with Crippen LogP contribution in [0.5, 0.6) is 0 Å². The van der Waals surface area contributed by atoms with Crippen LogP contribution in [0.15, 0.2) is 61.2 Å². The van der Waals surface area contributed by atoms with Crippen molar-refractivity contribution in [1.29, 1.82) is 0 Å². The molecule has 0 atom stereocenters. The zero-order chi connectivity index (χ0) is 16.2. The largest absolute Gasteiger partial charge is 0.366 e. The highest BCUT2D eigenvalue weighted by Crippen LogP contribution is 2.23. The smallest absolute Gasteiger partial charge is 0.134 e. The minimum Gasteiger partial charge on any atom is -0.366 e. The van der Waals surface area contributed by atoms with Crippen LogP contribution in [0, 0.1) is 0 Å². The number of nitrogens with zero attached hydrogens (tertiary/aromatic N) is 4. The zero-order valence-electron chi connectivity index (χ0n) is 13.4. The third-order valence-corrected chi connectivity index (χ3v) is 4.30. The molecule has 0 saturated heterocycles.